The van der Waals surface area contributed by atoms with Crippen molar-refractivity contribution >= 4 is 46.1 Å². The van der Waals surface area contributed by atoms with E-state index in [0.29, 0.717) is 11.3 Å². The zero-order valence-electron chi connectivity index (χ0n) is 16.9. The fraction of sp³-hybridized carbons (Fsp3) is 0.227. The number of nitriles is 1. The van der Waals surface area contributed by atoms with Gasteiger partial charge in [-0.25, -0.2) is 0 Å². The molecular weight excluding hydrogens is 434 g/mol. The number of nitrogens with zero attached hydrogens (tertiary/aromatic N) is 3. The molecule has 0 saturated carbocycles. The highest BCUT2D eigenvalue weighted by Crippen LogP contribution is 2.33. The van der Waals surface area contributed by atoms with Crippen LogP contribution in [0.2, 0.25) is 0 Å². The first-order valence-corrected chi connectivity index (χ1v) is 10.7. The normalized spacial score (nSPS) is 14.9. The zero-order valence-corrected chi connectivity index (χ0v) is 18.5. The molecule has 0 unspecified atom stereocenters. The number of aromatic hydroxyl groups is 1. The highest BCUT2D eigenvalue weighted by Gasteiger charge is 2.35. The second-order valence-corrected chi connectivity index (χ2v) is 8.54. The Labute approximate surface area is 188 Å². The van der Waals surface area contributed by atoms with Gasteiger partial charge in [0.15, 0.2) is 5.78 Å². The maximum atomic E-state index is 13.1. The molecule has 0 bridgehead atoms. The van der Waals surface area contributed by atoms with Crippen molar-refractivity contribution in [1.29, 1.82) is 5.26 Å². The van der Waals surface area contributed by atoms with E-state index in [-0.39, 0.29) is 27.6 Å². The molecule has 1 saturated heterocycles. The van der Waals surface area contributed by atoms with Crippen molar-refractivity contribution in [3.8, 4) is 11.9 Å². The van der Waals surface area contributed by atoms with E-state index in [1.165, 1.54) is 6.92 Å². The van der Waals surface area contributed by atoms with Crippen molar-refractivity contribution in [3.05, 3.63) is 67.8 Å². The van der Waals surface area contributed by atoms with Gasteiger partial charge in [-0.15, -0.1) is 0 Å². The number of pyridine rings is 1. The second kappa shape index (κ2) is 9.29. The maximum absolute atomic E-state index is 13.1. The molecular formula is C22H19N3O4S2. The molecule has 1 amide bonds. The topological polar surface area (TPSA) is 103 Å². The summed E-state index contributed by atoms with van der Waals surface area (Å²) in [7, 11) is 0. The first-order chi connectivity index (χ1) is 14.8. The number of carbonyl (C=O) groups excluding carboxylic acids is 2. The average Bonchev–Trinajstić information content (AvgIpc) is 2.99. The van der Waals surface area contributed by atoms with E-state index in [4.69, 9.17) is 12.2 Å². The Morgan fingerprint density at radius 3 is 2.58 bits per heavy atom. The molecule has 1 aliphatic heterocycles. The van der Waals surface area contributed by atoms with Gasteiger partial charge in [-0.1, -0.05) is 61.2 Å². The molecule has 0 radical (unpaired) electrons. The Kier molecular flexibility index (Phi) is 6.73. The molecule has 0 spiro atoms. The third-order valence-electron chi connectivity index (χ3n) is 4.80. The predicted octanol–water partition coefficient (Wildman–Crippen LogP) is 3.23. The number of thiocarbonyl (C=S) groups is 1. The van der Waals surface area contributed by atoms with Gasteiger partial charge < -0.3 is 5.11 Å². The molecule has 0 atom stereocenters. The minimum absolute atomic E-state index is 0.0904. The smallest absolute Gasteiger partial charge is 0.271 e. The van der Waals surface area contributed by atoms with Gasteiger partial charge in [0.2, 0.25) is 5.88 Å². The average molecular weight is 454 g/mol. The first-order valence-electron chi connectivity index (χ1n) is 9.50. The van der Waals surface area contributed by atoms with Crippen molar-refractivity contribution in [3.63, 3.8) is 0 Å². The van der Waals surface area contributed by atoms with E-state index in [9.17, 15) is 24.8 Å². The largest absolute Gasteiger partial charge is 0.494 e. The van der Waals surface area contributed by atoms with Crippen molar-refractivity contribution in [2.24, 2.45) is 0 Å². The first kappa shape index (κ1) is 22.5. The van der Waals surface area contributed by atoms with Gasteiger partial charge >= 0.3 is 0 Å². The molecule has 2 heterocycles. The number of amides is 1. The zero-order chi connectivity index (χ0) is 22.7. The van der Waals surface area contributed by atoms with E-state index < -0.39 is 29.7 Å². The lowest BCUT2D eigenvalue weighted by Gasteiger charge is -2.18. The third-order valence-corrected chi connectivity index (χ3v) is 6.18. The number of aromatic nitrogens is 1. The standard InChI is InChI=1S/C22H19N3O4S2/c1-3-9-24-19(27)15(11-23)13(2)18(21(24)29)16(26)12-25-20(28)17(31-22(25)30)10-14-7-5-4-6-8-14/h4-8,10,29H,3,9,12H2,1-2H3/b17-10-. The number of carbonyl (C=O) groups is 2. The number of hydrogen-bond donors (Lipinski definition) is 1. The van der Waals surface area contributed by atoms with Crippen LogP contribution in [0.25, 0.3) is 6.08 Å². The van der Waals surface area contributed by atoms with Crippen LogP contribution in [0.5, 0.6) is 5.88 Å². The van der Waals surface area contributed by atoms with Gasteiger partial charge in [-0.05, 0) is 30.5 Å². The van der Waals surface area contributed by atoms with E-state index in [2.05, 4.69) is 0 Å². The Morgan fingerprint density at radius 1 is 1.29 bits per heavy atom. The molecule has 31 heavy (non-hydrogen) atoms. The molecule has 1 N–H and O–H groups in total. The van der Waals surface area contributed by atoms with Crippen molar-refractivity contribution in [2.75, 3.05) is 6.54 Å². The minimum atomic E-state index is -0.646. The number of benzene rings is 1. The summed E-state index contributed by atoms with van der Waals surface area (Å²) in [4.78, 5) is 39.9. The summed E-state index contributed by atoms with van der Waals surface area (Å²) >= 11 is 6.38. The van der Waals surface area contributed by atoms with Gasteiger partial charge in [0.1, 0.15) is 16.0 Å². The van der Waals surface area contributed by atoms with Crippen molar-refractivity contribution in [1.82, 2.24) is 9.47 Å². The number of ketones is 1. The summed E-state index contributed by atoms with van der Waals surface area (Å²) in [6.07, 6.45) is 2.22. The molecule has 2 aromatic rings. The third kappa shape index (κ3) is 4.31. The molecule has 1 fully saturated rings. The SMILES string of the molecule is CCCn1c(O)c(C(=O)CN2C(=O)/C(=C/c3ccccc3)SC2=S)c(C)c(C#N)c1=O. The van der Waals surface area contributed by atoms with Gasteiger partial charge in [0.05, 0.1) is 17.0 Å². The molecule has 158 valence electrons. The number of Topliss-reactive ketones (excluding diaryl/α,β-unsaturated/α-hetero) is 1. The summed E-state index contributed by atoms with van der Waals surface area (Å²) in [6.45, 7) is 2.99. The highest BCUT2D eigenvalue weighted by molar-refractivity contribution is 8.26. The fourth-order valence-electron chi connectivity index (χ4n) is 3.28. The predicted molar refractivity (Wildman–Crippen MR) is 123 cm³/mol. The van der Waals surface area contributed by atoms with Crippen LogP contribution >= 0.6 is 24.0 Å². The summed E-state index contributed by atoms with van der Waals surface area (Å²) in [6, 6.07) is 11.1. The van der Waals surface area contributed by atoms with Gasteiger partial charge in [0, 0.05) is 6.54 Å². The number of hydrogen-bond acceptors (Lipinski definition) is 7. The Hall–Kier alpha value is -3.22. The Balaban J connectivity index is 1.95. The van der Waals surface area contributed by atoms with Crippen molar-refractivity contribution < 1.29 is 14.7 Å². The highest BCUT2D eigenvalue weighted by atomic mass is 32.2. The van der Waals surface area contributed by atoms with Crippen LogP contribution < -0.4 is 5.56 Å². The number of thioether (sulfide) groups is 1. The van der Waals surface area contributed by atoms with Gasteiger partial charge in [0.25, 0.3) is 11.5 Å². The van der Waals surface area contributed by atoms with E-state index in [0.717, 1.165) is 26.8 Å². The van der Waals surface area contributed by atoms with Gasteiger partial charge in [-0.3, -0.25) is 23.9 Å². The Morgan fingerprint density at radius 2 is 1.97 bits per heavy atom. The molecule has 1 aliphatic rings. The van der Waals surface area contributed by atoms with Gasteiger partial charge in [-0.2, -0.15) is 5.26 Å². The molecule has 1 aromatic carbocycles. The van der Waals surface area contributed by atoms with Crippen LogP contribution in [0.1, 0.15) is 40.4 Å². The van der Waals surface area contributed by atoms with Crippen molar-refractivity contribution in [2.45, 2.75) is 26.8 Å². The molecule has 0 aliphatic carbocycles. The number of rotatable bonds is 6. The molecule has 1 aromatic heterocycles. The second-order valence-electron chi connectivity index (χ2n) is 6.87. The molecule has 7 nitrogen and oxygen atoms in total. The quantitative estimate of drug-likeness (QED) is 0.407. The lowest BCUT2D eigenvalue weighted by molar-refractivity contribution is -0.121. The summed E-state index contributed by atoms with van der Waals surface area (Å²) < 4.78 is 1.23. The monoisotopic (exact) mass is 453 g/mol. The van der Waals surface area contributed by atoms with E-state index in [1.54, 1.807) is 13.0 Å². The van der Waals surface area contributed by atoms with E-state index >= 15 is 0 Å². The lowest BCUT2D eigenvalue weighted by Crippen LogP contribution is -2.35. The van der Waals surface area contributed by atoms with Crippen LogP contribution in [0.4, 0.5) is 0 Å². The lowest BCUT2D eigenvalue weighted by atomic mass is 10.0. The molecule has 9 heteroatoms. The fourth-order valence-corrected chi connectivity index (χ4v) is 4.53. The van der Waals surface area contributed by atoms with E-state index in [1.807, 2.05) is 36.4 Å². The minimum Gasteiger partial charge on any atom is -0.494 e. The Bertz CT molecular complexity index is 1210. The summed E-state index contributed by atoms with van der Waals surface area (Å²) in [5.74, 6) is -1.51. The van der Waals surface area contributed by atoms with Crippen LogP contribution in [0, 0.1) is 18.3 Å². The maximum Gasteiger partial charge on any atom is 0.271 e. The van der Waals surface area contributed by atoms with Crippen LogP contribution in [-0.2, 0) is 11.3 Å². The van der Waals surface area contributed by atoms with Crippen LogP contribution in [-0.4, -0.2) is 37.1 Å². The van der Waals surface area contributed by atoms with Crippen LogP contribution in [0.3, 0.4) is 0 Å². The summed E-state index contributed by atoms with van der Waals surface area (Å²) in [5, 5.41) is 20.0. The molecule has 3 rings (SSSR count). The van der Waals surface area contributed by atoms with Crippen LogP contribution in [0.15, 0.2) is 40.0 Å². The summed E-state index contributed by atoms with van der Waals surface area (Å²) in [5.41, 5.74) is -0.0808.